The number of nitrogens with one attached hydrogen (secondary N) is 3. The van der Waals surface area contributed by atoms with E-state index in [4.69, 9.17) is 85.6 Å². The SMILES string of the molecule is C=CCN.C=CCn1c(C)c(Cl)nc(Cl)c1=O.Cc1c(Cl)nc(Cl)c(=O)n1CC(=O)O.Cc1c(Cl)nc(NCCc2ccccc2)c(=O)n1CC(=O)O.Cc1cnc(NCCc2ccccc2)c(=O)n1CC(=O)O.[C-]#[N+]C(C)NCC=C. The summed E-state index contributed by atoms with van der Waals surface area (Å²) in [6, 6.07) is 19.7. The van der Waals surface area contributed by atoms with Gasteiger partial charge < -0.3 is 36.3 Å². The van der Waals surface area contributed by atoms with E-state index < -0.39 is 47.7 Å². The third-order valence-electron chi connectivity index (χ3n) is 10.5. The lowest BCUT2D eigenvalue weighted by molar-refractivity contribution is -0.138. The van der Waals surface area contributed by atoms with E-state index in [9.17, 15) is 33.6 Å². The molecule has 8 N–H and O–H groups in total. The van der Waals surface area contributed by atoms with Crippen LogP contribution in [0.4, 0.5) is 11.6 Å². The lowest BCUT2D eigenvalue weighted by Crippen LogP contribution is -2.30. The molecule has 6 rings (SSSR count). The number of carboxylic acid groups (broad SMARTS) is 3. The lowest BCUT2D eigenvalue weighted by atomic mass is 10.1. The first-order chi connectivity index (χ1) is 38.8. The highest BCUT2D eigenvalue weighted by atomic mass is 35.5. The highest BCUT2D eigenvalue weighted by Crippen LogP contribution is 2.15. The Kier molecular flexibility index (Phi) is 34.0. The zero-order valence-corrected chi connectivity index (χ0v) is 49.3. The van der Waals surface area contributed by atoms with Crippen molar-refractivity contribution in [2.75, 3.05) is 36.8 Å². The molecule has 4 heterocycles. The molecular weight excluding hydrogens is 1170 g/mol. The molecule has 0 aliphatic carbocycles. The third kappa shape index (κ3) is 25.7. The summed E-state index contributed by atoms with van der Waals surface area (Å²) in [6.07, 6.45) is 7.88. The van der Waals surface area contributed by atoms with E-state index in [2.05, 4.69) is 60.5 Å². The Morgan fingerprint density at radius 3 is 1.41 bits per heavy atom. The molecule has 0 saturated heterocycles. The number of aromatic nitrogens is 8. The van der Waals surface area contributed by atoms with Crippen molar-refractivity contribution >= 4 is 87.5 Å². The molecule has 0 aliphatic rings. The minimum Gasteiger partial charge on any atom is -0.480 e. The zero-order valence-electron chi connectivity index (χ0n) is 45.5. The zero-order chi connectivity index (χ0) is 62.1. The Morgan fingerprint density at radius 2 is 1.00 bits per heavy atom. The van der Waals surface area contributed by atoms with E-state index in [0.717, 1.165) is 26.7 Å². The lowest BCUT2D eigenvalue weighted by Gasteiger charge is -2.12. The van der Waals surface area contributed by atoms with Crippen LogP contribution in [-0.2, 0) is 53.4 Å². The Balaban J connectivity index is 0.000000521. The molecule has 0 radical (unpaired) electrons. The molecule has 0 spiro atoms. The van der Waals surface area contributed by atoms with Gasteiger partial charge in [0.05, 0.1) is 17.1 Å². The number of aryl methyl sites for hydroxylation is 1. The number of allylic oxidation sites excluding steroid dienone is 1. The second kappa shape index (κ2) is 38.7. The van der Waals surface area contributed by atoms with Crippen molar-refractivity contribution in [3.8, 4) is 0 Å². The number of benzene rings is 2. The molecule has 6 aromatic rings. The number of nitrogens with two attached hydrogens (primary N) is 1. The van der Waals surface area contributed by atoms with Gasteiger partial charge in [0.1, 0.15) is 29.9 Å². The molecule has 28 heteroatoms. The van der Waals surface area contributed by atoms with Gasteiger partial charge in [0, 0.05) is 51.5 Å². The minimum atomic E-state index is -1.14. The summed E-state index contributed by atoms with van der Waals surface area (Å²) in [6.45, 7) is 26.6. The fourth-order valence-electron chi connectivity index (χ4n) is 6.18. The van der Waals surface area contributed by atoms with Crippen LogP contribution >= 0.6 is 58.0 Å². The number of halogens is 5. The molecule has 23 nitrogen and oxygen atoms in total. The Labute approximate surface area is 497 Å². The van der Waals surface area contributed by atoms with Gasteiger partial charge >= 0.3 is 17.9 Å². The van der Waals surface area contributed by atoms with Crippen LogP contribution in [0.5, 0.6) is 0 Å². The fraction of sp³-hybridized carbons (Fsp3) is 0.296. The van der Waals surface area contributed by atoms with Crippen molar-refractivity contribution in [1.29, 1.82) is 0 Å². The van der Waals surface area contributed by atoms with Crippen LogP contribution in [0.3, 0.4) is 0 Å². The number of carboxylic acids is 3. The van der Waals surface area contributed by atoms with Crippen LogP contribution in [0.1, 0.15) is 40.8 Å². The predicted molar refractivity (Wildman–Crippen MR) is 322 cm³/mol. The van der Waals surface area contributed by atoms with Gasteiger partial charge in [-0.2, -0.15) is 0 Å². The van der Waals surface area contributed by atoms with Crippen LogP contribution in [0.25, 0.3) is 4.85 Å². The van der Waals surface area contributed by atoms with Crippen LogP contribution < -0.4 is 43.9 Å². The van der Waals surface area contributed by atoms with Gasteiger partial charge in [-0.1, -0.05) is 137 Å². The van der Waals surface area contributed by atoms with Crippen LogP contribution in [0.15, 0.2) is 124 Å². The highest BCUT2D eigenvalue weighted by molar-refractivity contribution is 6.33. The van der Waals surface area contributed by atoms with Crippen LogP contribution in [0.2, 0.25) is 25.8 Å². The molecule has 0 bridgehead atoms. The van der Waals surface area contributed by atoms with Crippen molar-refractivity contribution < 1.29 is 29.7 Å². The number of carbonyl (C=O) groups is 3. The summed E-state index contributed by atoms with van der Waals surface area (Å²) in [7, 11) is 0. The normalized spacial score (nSPS) is 10.3. The summed E-state index contributed by atoms with van der Waals surface area (Å²) in [5, 5.41) is 35.0. The quantitative estimate of drug-likeness (QED) is 0.0289. The topological polar surface area (TPSA) is 318 Å². The molecule has 1 atom stereocenters. The molecule has 2 aromatic carbocycles. The van der Waals surface area contributed by atoms with Crippen molar-refractivity contribution in [1.82, 2.24) is 43.5 Å². The Morgan fingerprint density at radius 1 is 0.610 bits per heavy atom. The summed E-state index contributed by atoms with van der Waals surface area (Å²) in [5.41, 5.74) is 7.02. The molecule has 0 saturated carbocycles. The van der Waals surface area contributed by atoms with Gasteiger partial charge in [-0.3, -0.25) is 52.1 Å². The van der Waals surface area contributed by atoms with Crippen LogP contribution in [-0.4, -0.2) is 104 Å². The van der Waals surface area contributed by atoms with Crippen molar-refractivity contribution in [2.45, 2.75) is 79.8 Å². The average Bonchev–Trinajstić information content (AvgIpc) is 3.58. The number of nitrogens with zero attached hydrogens (tertiary/aromatic N) is 9. The first-order valence-corrected chi connectivity index (χ1v) is 26.2. The molecule has 0 fully saturated rings. The Hall–Kier alpha value is -7.95. The largest absolute Gasteiger partial charge is 0.480 e. The maximum Gasteiger partial charge on any atom is 0.323 e. The molecule has 0 aliphatic heterocycles. The van der Waals surface area contributed by atoms with Gasteiger partial charge in [0.15, 0.2) is 27.1 Å². The van der Waals surface area contributed by atoms with Crippen molar-refractivity contribution in [3.05, 3.63) is 217 Å². The number of aliphatic carboxylic acids is 3. The monoisotopic (exact) mass is 1230 g/mol. The van der Waals surface area contributed by atoms with Gasteiger partial charge in [0.25, 0.3) is 28.4 Å². The number of hydrogen-bond acceptors (Lipinski definition) is 15. The average molecular weight is 1230 g/mol. The van der Waals surface area contributed by atoms with E-state index in [1.54, 1.807) is 39.0 Å². The number of hydrogen-bond donors (Lipinski definition) is 7. The van der Waals surface area contributed by atoms with Gasteiger partial charge in [-0.05, 0) is 51.7 Å². The maximum atomic E-state index is 12.2. The number of anilines is 2. The molecular formula is C54H64Cl5N13O10. The van der Waals surface area contributed by atoms with E-state index in [0.29, 0.717) is 56.2 Å². The molecule has 0 amide bonds. The predicted octanol–water partition coefficient (Wildman–Crippen LogP) is 7.38. The van der Waals surface area contributed by atoms with Crippen molar-refractivity contribution in [2.24, 2.45) is 5.73 Å². The fourth-order valence-corrected chi connectivity index (χ4v) is 7.20. The van der Waals surface area contributed by atoms with Crippen molar-refractivity contribution in [3.63, 3.8) is 0 Å². The van der Waals surface area contributed by atoms with E-state index >= 15 is 0 Å². The first-order valence-electron chi connectivity index (χ1n) is 24.3. The van der Waals surface area contributed by atoms with E-state index in [-0.39, 0.29) is 61.4 Å². The van der Waals surface area contributed by atoms with E-state index in [1.807, 2.05) is 67.6 Å². The summed E-state index contributed by atoms with van der Waals surface area (Å²) < 4.78 is 4.67. The standard InChI is InChI=1S/C15H16ClN3O3.C15H17N3O3.C8H8Cl2N2O.C7H6Cl2N2O3.C6H10N2.C3H7N/c1-10-13(16)18-14(15(22)19(10)9-12(20)21)17-8-7-11-5-3-2-4-6-11;1-11-9-17-14(15(21)18(11)10-13(19)20)16-8-7-12-5-3-2-4-6-12;1-3-4-12-5(2)6(9)11-7(10)8(12)13;1-3-5(8)10-6(9)7(14)11(3)2-4(12)13;1-4-5-8-6(2)7-3;1-2-3-4/h2-6H,7-9H2,1H3,(H,17,18)(H,20,21);2-6,9H,7-8,10H2,1H3,(H,16,17)(H,19,20);3H,1,4H2,2H3;2H2,1H3,(H,12,13);4,6,8H,1,5H2,2H3;2H,1,3-4H2. The molecule has 1 unspecified atom stereocenters. The van der Waals surface area contributed by atoms with Crippen LogP contribution in [0, 0.1) is 34.3 Å². The first kappa shape index (κ1) is 72.1. The summed E-state index contributed by atoms with van der Waals surface area (Å²) >= 11 is 28.3. The summed E-state index contributed by atoms with van der Waals surface area (Å²) in [4.78, 5) is 97.6. The minimum absolute atomic E-state index is 0.0239. The molecule has 4 aromatic heterocycles. The van der Waals surface area contributed by atoms with Gasteiger partial charge in [0.2, 0.25) is 0 Å². The Bertz CT molecular complexity index is 3390. The second-order valence-electron chi connectivity index (χ2n) is 16.6. The maximum absolute atomic E-state index is 12.2. The third-order valence-corrected chi connectivity index (χ3v) is 12.0. The summed E-state index contributed by atoms with van der Waals surface area (Å²) in [5.74, 6) is -3.07. The van der Waals surface area contributed by atoms with Gasteiger partial charge in [-0.15, -0.1) is 19.7 Å². The second-order valence-corrected chi connectivity index (χ2v) is 18.3. The van der Waals surface area contributed by atoms with E-state index in [1.165, 1.54) is 22.3 Å². The number of rotatable bonds is 20. The molecule has 440 valence electrons. The smallest absolute Gasteiger partial charge is 0.323 e. The highest BCUT2D eigenvalue weighted by Gasteiger charge is 2.16. The van der Waals surface area contributed by atoms with Gasteiger partial charge in [-0.25, -0.2) is 31.8 Å². The molecule has 82 heavy (non-hydrogen) atoms.